The molecule has 0 unspecified atom stereocenters. The lowest BCUT2D eigenvalue weighted by atomic mass is 10.2. The SMILES string of the molecule is CC(C)c1nccn1CCCNC(=O)c1cn[nH]c1-n1cnnn1. The third-order valence-corrected chi connectivity index (χ3v) is 3.57. The van der Waals surface area contributed by atoms with E-state index < -0.39 is 0 Å². The van der Waals surface area contributed by atoms with Gasteiger partial charge in [-0.3, -0.25) is 9.89 Å². The number of nitrogens with zero attached hydrogens (tertiary/aromatic N) is 7. The summed E-state index contributed by atoms with van der Waals surface area (Å²) in [6, 6.07) is 0. The Morgan fingerprint density at radius 1 is 1.42 bits per heavy atom. The largest absolute Gasteiger partial charge is 0.352 e. The summed E-state index contributed by atoms with van der Waals surface area (Å²) < 4.78 is 3.48. The molecule has 0 aliphatic carbocycles. The average Bonchev–Trinajstić information content (AvgIpc) is 3.31. The van der Waals surface area contributed by atoms with Crippen LogP contribution in [0.2, 0.25) is 0 Å². The number of rotatable bonds is 7. The zero-order chi connectivity index (χ0) is 16.9. The van der Waals surface area contributed by atoms with E-state index >= 15 is 0 Å². The average molecular weight is 329 g/mol. The number of aromatic amines is 1. The van der Waals surface area contributed by atoms with Crippen molar-refractivity contribution in [3.63, 3.8) is 0 Å². The lowest BCUT2D eigenvalue weighted by Gasteiger charge is -2.10. The van der Waals surface area contributed by atoms with Crippen LogP contribution in [0.4, 0.5) is 0 Å². The fourth-order valence-electron chi connectivity index (χ4n) is 2.44. The minimum atomic E-state index is -0.219. The predicted molar refractivity (Wildman–Crippen MR) is 84.6 cm³/mol. The second kappa shape index (κ2) is 7.02. The molecule has 10 nitrogen and oxygen atoms in total. The van der Waals surface area contributed by atoms with Crippen LogP contribution in [0.3, 0.4) is 0 Å². The third kappa shape index (κ3) is 3.31. The van der Waals surface area contributed by atoms with Crippen LogP contribution >= 0.6 is 0 Å². The number of nitrogens with one attached hydrogen (secondary N) is 2. The Balaban J connectivity index is 1.54. The summed E-state index contributed by atoms with van der Waals surface area (Å²) in [5, 5.41) is 20.3. The van der Waals surface area contributed by atoms with Gasteiger partial charge in [0.1, 0.15) is 17.7 Å². The molecule has 3 rings (SSSR count). The van der Waals surface area contributed by atoms with E-state index in [-0.39, 0.29) is 5.91 Å². The van der Waals surface area contributed by atoms with Crippen molar-refractivity contribution in [2.24, 2.45) is 0 Å². The van der Waals surface area contributed by atoms with Crippen molar-refractivity contribution in [1.29, 1.82) is 0 Å². The van der Waals surface area contributed by atoms with Crippen molar-refractivity contribution >= 4 is 5.91 Å². The number of hydrogen-bond donors (Lipinski definition) is 2. The highest BCUT2D eigenvalue weighted by atomic mass is 16.1. The van der Waals surface area contributed by atoms with Gasteiger partial charge in [-0.05, 0) is 16.8 Å². The van der Waals surface area contributed by atoms with Gasteiger partial charge in [0.05, 0.1) is 6.20 Å². The number of H-pyrrole nitrogens is 1. The van der Waals surface area contributed by atoms with Crippen LogP contribution in [0.1, 0.15) is 42.4 Å². The van der Waals surface area contributed by atoms with Gasteiger partial charge in [0.2, 0.25) is 0 Å². The van der Waals surface area contributed by atoms with Gasteiger partial charge in [-0.25, -0.2) is 4.98 Å². The molecule has 0 fully saturated rings. The molecule has 2 N–H and O–H groups in total. The number of hydrogen-bond acceptors (Lipinski definition) is 6. The smallest absolute Gasteiger partial charge is 0.256 e. The molecular weight excluding hydrogens is 310 g/mol. The molecule has 1 amide bonds. The maximum Gasteiger partial charge on any atom is 0.256 e. The predicted octanol–water partition coefficient (Wildman–Crippen LogP) is 0.525. The zero-order valence-electron chi connectivity index (χ0n) is 13.5. The molecule has 0 bridgehead atoms. The van der Waals surface area contributed by atoms with Crippen LogP contribution in [0.25, 0.3) is 5.82 Å². The van der Waals surface area contributed by atoms with E-state index in [1.165, 1.54) is 17.2 Å². The number of aryl methyl sites for hydroxylation is 1. The van der Waals surface area contributed by atoms with E-state index in [0.717, 1.165) is 18.8 Å². The monoisotopic (exact) mass is 329 g/mol. The quantitative estimate of drug-likeness (QED) is 0.610. The first-order chi connectivity index (χ1) is 11.7. The molecule has 0 saturated heterocycles. The maximum atomic E-state index is 12.3. The van der Waals surface area contributed by atoms with Crippen molar-refractivity contribution in [1.82, 2.24) is 45.3 Å². The van der Waals surface area contributed by atoms with Crippen LogP contribution in [0.5, 0.6) is 0 Å². The first-order valence-corrected chi connectivity index (χ1v) is 7.72. The molecule has 0 aromatic carbocycles. The van der Waals surface area contributed by atoms with E-state index in [2.05, 4.69) is 54.4 Å². The van der Waals surface area contributed by atoms with Crippen molar-refractivity contribution in [3.8, 4) is 5.82 Å². The van der Waals surface area contributed by atoms with E-state index in [1.54, 1.807) is 6.20 Å². The van der Waals surface area contributed by atoms with Gasteiger partial charge in [0, 0.05) is 31.4 Å². The molecule has 0 spiro atoms. The van der Waals surface area contributed by atoms with Gasteiger partial charge in [-0.2, -0.15) is 9.78 Å². The molecule has 3 aromatic rings. The van der Waals surface area contributed by atoms with Crippen LogP contribution in [-0.2, 0) is 6.54 Å². The molecule has 0 saturated carbocycles. The van der Waals surface area contributed by atoms with E-state index in [4.69, 9.17) is 0 Å². The number of amides is 1. The van der Waals surface area contributed by atoms with Gasteiger partial charge in [0.25, 0.3) is 5.91 Å². The molecule has 24 heavy (non-hydrogen) atoms. The van der Waals surface area contributed by atoms with Crippen LogP contribution in [0, 0.1) is 0 Å². The fraction of sp³-hybridized carbons (Fsp3) is 0.429. The summed E-state index contributed by atoms with van der Waals surface area (Å²) in [6.07, 6.45) is 7.43. The number of aromatic nitrogens is 8. The lowest BCUT2D eigenvalue weighted by Crippen LogP contribution is -2.26. The fourth-order valence-corrected chi connectivity index (χ4v) is 2.44. The zero-order valence-corrected chi connectivity index (χ0v) is 13.5. The van der Waals surface area contributed by atoms with E-state index in [9.17, 15) is 4.79 Å². The summed E-state index contributed by atoms with van der Waals surface area (Å²) in [4.78, 5) is 16.6. The highest BCUT2D eigenvalue weighted by molar-refractivity contribution is 5.96. The normalized spacial score (nSPS) is 11.1. The summed E-state index contributed by atoms with van der Waals surface area (Å²) in [5.74, 6) is 1.65. The maximum absolute atomic E-state index is 12.3. The molecule has 3 aromatic heterocycles. The second-order valence-electron chi connectivity index (χ2n) is 5.63. The number of carbonyl (C=O) groups is 1. The van der Waals surface area contributed by atoms with Crippen molar-refractivity contribution in [3.05, 3.63) is 36.3 Å². The van der Waals surface area contributed by atoms with Gasteiger partial charge in [-0.1, -0.05) is 13.8 Å². The van der Waals surface area contributed by atoms with Crippen LogP contribution in [0.15, 0.2) is 24.9 Å². The molecule has 10 heteroatoms. The summed E-state index contributed by atoms with van der Waals surface area (Å²) in [7, 11) is 0. The number of tetrazole rings is 1. The van der Waals surface area contributed by atoms with Gasteiger partial charge in [-0.15, -0.1) is 5.10 Å². The number of carbonyl (C=O) groups excluding carboxylic acids is 1. The summed E-state index contributed by atoms with van der Waals surface area (Å²) in [5.41, 5.74) is 0.396. The minimum Gasteiger partial charge on any atom is -0.352 e. The third-order valence-electron chi connectivity index (χ3n) is 3.57. The molecule has 3 heterocycles. The van der Waals surface area contributed by atoms with Gasteiger partial charge < -0.3 is 9.88 Å². The molecule has 126 valence electrons. The van der Waals surface area contributed by atoms with Gasteiger partial charge >= 0.3 is 0 Å². The Bertz CT molecular complexity index is 787. The minimum absolute atomic E-state index is 0.219. The van der Waals surface area contributed by atoms with E-state index in [1.807, 2.05) is 6.20 Å². The Hall–Kier alpha value is -3.04. The Kier molecular flexibility index (Phi) is 4.64. The summed E-state index contributed by atoms with van der Waals surface area (Å²) >= 11 is 0. The van der Waals surface area contributed by atoms with Crippen molar-refractivity contribution in [2.45, 2.75) is 32.7 Å². The topological polar surface area (TPSA) is 119 Å². The Morgan fingerprint density at radius 2 is 2.29 bits per heavy atom. The number of imidazole rings is 1. The highest BCUT2D eigenvalue weighted by Crippen LogP contribution is 2.12. The Morgan fingerprint density at radius 3 is 3.04 bits per heavy atom. The second-order valence-corrected chi connectivity index (χ2v) is 5.63. The molecule has 0 atom stereocenters. The first kappa shape index (κ1) is 15.8. The van der Waals surface area contributed by atoms with Crippen molar-refractivity contribution in [2.75, 3.05) is 6.54 Å². The molecule has 0 radical (unpaired) electrons. The Labute approximate surface area is 138 Å². The molecular formula is C14H19N9O. The standard InChI is InChI=1S/C14H19N9O/c1-10(2)12-15-5-7-22(12)6-3-4-16-14(24)11-8-17-19-13(11)23-9-18-20-21-23/h5,7-10H,3-4,6H2,1-2H3,(H,16,24)(H,17,19). The lowest BCUT2D eigenvalue weighted by molar-refractivity contribution is 0.0952. The van der Waals surface area contributed by atoms with Crippen LogP contribution < -0.4 is 5.32 Å². The summed E-state index contributed by atoms with van der Waals surface area (Å²) in [6.45, 7) is 5.58. The molecule has 0 aliphatic heterocycles. The van der Waals surface area contributed by atoms with Crippen molar-refractivity contribution < 1.29 is 4.79 Å². The van der Waals surface area contributed by atoms with Crippen LogP contribution in [-0.4, -0.2) is 52.4 Å². The molecule has 0 aliphatic rings. The first-order valence-electron chi connectivity index (χ1n) is 7.72. The van der Waals surface area contributed by atoms with E-state index in [0.29, 0.717) is 23.8 Å². The van der Waals surface area contributed by atoms with Gasteiger partial charge in [0.15, 0.2) is 5.82 Å². The highest BCUT2D eigenvalue weighted by Gasteiger charge is 2.15.